The van der Waals surface area contributed by atoms with E-state index in [1.807, 2.05) is 12.1 Å². The Hall–Kier alpha value is -2.21. The van der Waals surface area contributed by atoms with E-state index in [-0.39, 0.29) is 24.3 Å². The van der Waals surface area contributed by atoms with Crippen LogP contribution in [-0.4, -0.2) is 53.7 Å². The Balaban J connectivity index is 1.40. The van der Waals surface area contributed by atoms with E-state index in [0.29, 0.717) is 24.9 Å². The summed E-state index contributed by atoms with van der Waals surface area (Å²) in [4.78, 5) is 39.4. The molecule has 0 atom stereocenters. The number of carbonyl (C=O) groups is 3. The fraction of sp³-hybridized carbons (Fsp3) is 0.571. The quantitative estimate of drug-likeness (QED) is 0.590. The van der Waals surface area contributed by atoms with Crippen molar-refractivity contribution in [1.82, 2.24) is 15.1 Å². The maximum atomic E-state index is 12.3. The SMILES string of the molecule is O=C(NCCCN1CCCCCC1)c1ccc(CN2C(=O)CCC2=O)cc1. The van der Waals surface area contributed by atoms with Crippen molar-refractivity contribution in [2.24, 2.45) is 0 Å². The Morgan fingerprint density at radius 2 is 1.56 bits per heavy atom. The molecule has 27 heavy (non-hydrogen) atoms. The second-order valence-electron chi connectivity index (χ2n) is 7.44. The number of hydrogen-bond acceptors (Lipinski definition) is 4. The molecule has 2 aliphatic heterocycles. The molecule has 2 fully saturated rings. The van der Waals surface area contributed by atoms with Crippen LogP contribution in [0.1, 0.15) is 60.9 Å². The van der Waals surface area contributed by atoms with Crippen LogP contribution >= 0.6 is 0 Å². The Morgan fingerprint density at radius 3 is 2.19 bits per heavy atom. The third-order valence-corrected chi connectivity index (χ3v) is 5.35. The van der Waals surface area contributed by atoms with Crippen molar-refractivity contribution in [3.05, 3.63) is 35.4 Å². The van der Waals surface area contributed by atoms with Gasteiger partial charge in [-0.1, -0.05) is 25.0 Å². The third kappa shape index (κ3) is 5.63. The van der Waals surface area contributed by atoms with Gasteiger partial charge in [-0.2, -0.15) is 0 Å². The highest BCUT2D eigenvalue weighted by Crippen LogP contribution is 2.16. The van der Waals surface area contributed by atoms with Gasteiger partial charge in [0.25, 0.3) is 5.91 Å². The van der Waals surface area contributed by atoms with Crippen LogP contribution in [0.25, 0.3) is 0 Å². The molecule has 0 aromatic heterocycles. The largest absolute Gasteiger partial charge is 0.352 e. The smallest absolute Gasteiger partial charge is 0.251 e. The van der Waals surface area contributed by atoms with Gasteiger partial charge < -0.3 is 10.2 Å². The van der Waals surface area contributed by atoms with Crippen LogP contribution in [0.2, 0.25) is 0 Å². The first-order valence-corrected chi connectivity index (χ1v) is 10.1. The predicted octanol–water partition coefficient (Wildman–Crippen LogP) is 2.33. The first-order valence-electron chi connectivity index (χ1n) is 10.1. The van der Waals surface area contributed by atoms with Gasteiger partial charge in [-0.15, -0.1) is 0 Å². The van der Waals surface area contributed by atoms with Gasteiger partial charge in [-0.05, 0) is 56.6 Å². The molecule has 3 rings (SSSR count). The monoisotopic (exact) mass is 371 g/mol. The maximum absolute atomic E-state index is 12.3. The second kappa shape index (κ2) is 9.65. The summed E-state index contributed by atoms with van der Waals surface area (Å²) in [6.07, 6.45) is 6.81. The molecule has 2 saturated heterocycles. The second-order valence-corrected chi connectivity index (χ2v) is 7.44. The van der Waals surface area contributed by atoms with E-state index in [2.05, 4.69) is 10.2 Å². The Kier molecular flexibility index (Phi) is 6.98. The van der Waals surface area contributed by atoms with Crippen LogP contribution < -0.4 is 5.32 Å². The lowest BCUT2D eigenvalue weighted by molar-refractivity contribution is -0.139. The van der Waals surface area contributed by atoms with Crippen LogP contribution in [0.15, 0.2) is 24.3 Å². The summed E-state index contributed by atoms with van der Waals surface area (Å²) < 4.78 is 0. The molecule has 146 valence electrons. The zero-order valence-electron chi connectivity index (χ0n) is 15.9. The molecule has 1 aromatic carbocycles. The van der Waals surface area contributed by atoms with E-state index >= 15 is 0 Å². The molecule has 0 spiro atoms. The number of benzene rings is 1. The van der Waals surface area contributed by atoms with E-state index in [4.69, 9.17) is 0 Å². The molecule has 1 aromatic rings. The third-order valence-electron chi connectivity index (χ3n) is 5.35. The zero-order chi connectivity index (χ0) is 19.1. The van der Waals surface area contributed by atoms with Gasteiger partial charge in [-0.3, -0.25) is 19.3 Å². The molecule has 0 radical (unpaired) electrons. The molecular weight excluding hydrogens is 342 g/mol. The number of imide groups is 1. The summed E-state index contributed by atoms with van der Waals surface area (Å²) in [5, 5.41) is 2.98. The first kappa shape index (κ1) is 19.5. The van der Waals surface area contributed by atoms with Crippen molar-refractivity contribution >= 4 is 17.7 Å². The average molecular weight is 371 g/mol. The van der Waals surface area contributed by atoms with Gasteiger partial charge in [0.1, 0.15) is 0 Å². The highest BCUT2D eigenvalue weighted by Gasteiger charge is 2.28. The molecule has 0 saturated carbocycles. The normalized spacial score (nSPS) is 18.6. The summed E-state index contributed by atoms with van der Waals surface area (Å²) in [5.41, 5.74) is 1.46. The van der Waals surface area contributed by atoms with Crippen LogP contribution in [-0.2, 0) is 16.1 Å². The fourth-order valence-corrected chi connectivity index (χ4v) is 3.71. The Labute approximate surface area is 160 Å². The predicted molar refractivity (Wildman–Crippen MR) is 103 cm³/mol. The molecule has 3 amide bonds. The number of nitrogens with zero attached hydrogens (tertiary/aromatic N) is 2. The number of amides is 3. The maximum Gasteiger partial charge on any atom is 0.251 e. The number of hydrogen-bond donors (Lipinski definition) is 1. The van der Waals surface area contributed by atoms with Crippen LogP contribution in [0.4, 0.5) is 0 Å². The fourth-order valence-electron chi connectivity index (χ4n) is 3.71. The lowest BCUT2D eigenvalue weighted by Crippen LogP contribution is -2.30. The van der Waals surface area contributed by atoms with Crippen LogP contribution in [0, 0.1) is 0 Å². The molecule has 0 bridgehead atoms. The lowest BCUT2D eigenvalue weighted by Gasteiger charge is -2.19. The molecular formula is C21H29N3O3. The minimum atomic E-state index is -0.119. The molecule has 6 heteroatoms. The van der Waals surface area contributed by atoms with Crippen molar-refractivity contribution in [3.8, 4) is 0 Å². The highest BCUT2D eigenvalue weighted by atomic mass is 16.2. The van der Waals surface area contributed by atoms with Crippen molar-refractivity contribution in [2.75, 3.05) is 26.2 Å². The molecule has 0 aliphatic carbocycles. The van der Waals surface area contributed by atoms with E-state index < -0.39 is 0 Å². The topological polar surface area (TPSA) is 69.7 Å². The number of likely N-dealkylation sites (tertiary alicyclic amines) is 2. The van der Waals surface area contributed by atoms with Crippen LogP contribution in [0.3, 0.4) is 0 Å². The summed E-state index contributed by atoms with van der Waals surface area (Å²) >= 11 is 0. The highest BCUT2D eigenvalue weighted by molar-refractivity contribution is 6.01. The lowest BCUT2D eigenvalue weighted by atomic mass is 10.1. The summed E-state index contributed by atoms with van der Waals surface area (Å²) in [5.74, 6) is -0.316. The van der Waals surface area contributed by atoms with Gasteiger partial charge >= 0.3 is 0 Å². The van der Waals surface area contributed by atoms with Crippen molar-refractivity contribution in [3.63, 3.8) is 0 Å². The van der Waals surface area contributed by atoms with Crippen LogP contribution in [0.5, 0.6) is 0 Å². The van der Waals surface area contributed by atoms with Gasteiger partial charge in [0, 0.05) is 24.9 Å². The first-order chi connectivity index (χ1) is 13.1. The number of rotatable bonds is 7. The zero-order valence-corrected chi connectivity index (χ0v) is 15.9. The number of carbonyl (C=O) groups excluding carboxylic acids is 3. The van der Waals surface area contributed by atoms with E-state index in [0.717, 1.165) is 18.5 Å². The van der Waals surface area contributed by atoms with E-state index in [1.54, 1.807) is 12.1 Å². The summed E-state index contributed by atoms with van der Waals surface area (Å²) in [6, 6.07) is 7.13. The van der Waals surface area contributed by atoms with E-state index in [9.17, 15) is 14.4 Å². The molecule has 6 nitrogen and oxygen atoms in total. The Morgan fingerprint density at radius 1 is 0.926 bits per heavy atom. The van der Waals surface area contributed by atoms with Gasteiger partial charge in [0.15, 0.2) is 0 Å². The summed E-state index contributed by atoms with van der Waals surface area (Å²) in [7, 11) is 0. The van der Waals surface area contributed by atoms with Gasteiger partial charge in [0.05, 0.1) is 6.54 Å². The minimum absolute atomic E-state index is 0.0780. The van der Waals surface area contributed by atoms with Gasteiger partial charge in [0.2, 0.25) is 11.8 Å². The summed E-state index contributed by atoms with van der Waals surface area (Å²) in [6.45, 7) is 4.36. The minimum Gasteiger partial charge on any atom is -0.352 e. The molecule has 2 aliphatic rings. The van der Waals surface area contributed by atoms with Crippen molar-refractivity contribution in [1.29, 1.82) is 0 Å². The standard InChI is InChI=1S/C21H29N3O3/c25-19-10-11-20(26)24(19)16-17-6-8-18(9-7-17)21(27)22-12-5-15-23-13-3-1-2-4-14-23/h6-9H,1-5,10-16H2,(H,22,27). The number of nitrogens with one attached hydrogen (secondary N) is 1. The average Bonchev–Trinajstić information content (AvgIpc) is 2.88. The van der Waals surface area contributed by atoms with Crippen molar-refractivity contribution in [2.45, 2.75) is 51.5 Å². The molecule has 0 unspecified atom stereocenters. The van der Waals surface area contributed by atoms with Crippen molar-refractivity contribution < 1.29 is 14.4 Å². The molecule has 2 heterocycles. The molecule has 1 N–H and O–H groups in total. The van der Waals surface area contributed by atoms with E-state index in [1.165, 1.54) is 43.7 Å². The van der Waals surface area contributed by atoms with Gasteiger partial charge in [-0.25, -0.2) is 0 Å². The Bertz CT molecular complexity index is 648.